The van der Waals surface area contributed by atoms with Crippen LogP contribution in [0.1, 0.15) is 5.56 Å². The molecule has 0 unspecified atom stereocenters. The quantitative estimate of drug-likeness (QED) is 0.604. The average molecular weight is 195 g/mol. The Morgan fingerprint density at radius 2 is 2.08 bits per heavy atom. The molecule has 0 saturated heterocycles. The van der Waals surface area contributed by atoms with Crippen LogP contribution >= 0.6 is 11.6 Å². The van der Waals surface area contributed by atoms with Crippen LogP contribution in [0.5, 0.6) is 0 Å². The number of benzene rings is 1. The third-order valence-electron chi connectivity index (χ3n) is 1.87. The summed E-state index contributed by atoms with van der Waals surface area (Å²) in [5.41, 5.74) is 1.15. The normalized spacial score (nSPS) is 10.6. The summed E-state index contributed by atoms with van der Waals surface area (Å²) >= 11 is 5.84. The van der Waals surface area contributed by atoms with Gasteiger partial charge in [0.15, 0.2) is 0 Å². The lowest BCUT2D eigenvalue weighted by atomic mass is 10.1. The lowest BCUT2D eigenvalue weighted by molar-refractivity contribution is 0.559. The highest BCUT2D eigenvalue weighted by atomic mass is 35.5. The number of hydrogen-bond acceptors (Lipinski definition) is 2. The highest BCUT2D eigenvalue weighted by Crippen LogP contribution is 2.21. The van der Waals surface area contributed by atoms with E-state index in [1.54, 1.807) is 18.2 Å². The van der Waals surface area contributed by atoms with E-state index in [-0.39, 0.29) is 5.63 Å². The van der Waals surface area contributed by atoms with Crippen molar-refractivity contribution in [2.45, 2.75) is 6.92 Å². The SMILES string of the molecule is Cc1cc(Cl)cc2ccc(=O)oc12. The van der Waals surface area contributed by atoms with Crippen molar-refractivity contribution in [2.24, 2.45) is 0 Å². The van der Waals surface area contributed by atoms with Gasteiger partial charge in [-0.05, 0) is 30.7 Å². The first-order chi connectivity index (χ1) is 6.16. The van der Waals surface area contributed by atoms with Gasteiger partial charge in [0.05, 0.1) is 0 Å². The summed E-state index contributed by atoms with van der Waals surface area (Å²) in [5, 5.41) is 1.50. The molecule has 1 aromatic carbocycles. The zero-order valence-electron chi connectivity index (χ0n) is 7.00. The molecule has 2 rings (SSSR count). The Morgan fingerprint density at radius 3 is 2.85 bits per heavy atom. The highest BCUT2D eigenvalue weighted by molar-refractivity contribution is 6.31. The summed E-state index contributed by atoms with van der Waals surface area (Å²) in [6, 6.07) is 6.64. The first-order valence-electron chi connectivity index (χ1n) is 3.87. The van der Waals surface area contributed by atoms with Crippen LogP contribution in [0.3, 0.4) is 0 Å². The monoisotopic (exact) mass is 194 g/mol. The predicted molar refractivity (Wildman–Crippen MR) is 52.2 cm³/mol. The van der Waals surface area contributed by atoms with Crippen LogP contribution in [-0.2, 0) is 0 Å². The summed E-state index contributed by atoms with van der Waals surface area (Å²) in [6.07, 6.45) is 0. The van der Waals surface area contributed by atoms with Crippen LogP contribution in [0, 0.1) is 6.92 Å². The van der Waals surface area contributed by atoms with E-state index in [1.165, 1.54) is 6.07 Å². The molecular weight excluding hydrogens is 188 g/mol. The van der Waals surface area contributed by atoms with Crippen molar-refractivity contribution in [3.05, 3.63) is 45.3 Å². The van der Waals surface area contributed by atoms with Crippen LogP contribution in [0.25, 0.3) is 11.0 Å². The molecule has 1 heterocycles. The number of hydrogen-bond donors (Lipinski definition) is 0. The van der Waals surface area contributed by atoms with Gasteiger partial charge in [0.1, 0.15) is 5.58 Å². The van der Waals surface area contributed by atoms with E-state index in [2.05, 4.69) is 0 Å². The molecule has 0 saturated carbocycles. The Kier molecular flexibility index (Phi) is 1.85. The van der Waals surface area contributed by atoms with Gasteiger partial charge in [0, 0.05) is 16.5 Å². The zero-order valence-corrected chi connectivity index (χ0v) is 7.76. The first kappa shape index (κ1) is 8.32. The van der Waals surface area contributed by atoms with Gasteiger partial charge >= 0.3 is 5.63 Å². The smallest absolute Gasteiger partial charge is 0.336 e. The van der Waals surface area contributed by atoms with Crippen LogP contribution in [0.4, 0.5) is 0 Å². The molecule has 0 spiro atoms. The molecule has 0 N–H and O–H groups in total. The molecule has 0 fully saturated rings. The van der Waals surface area contributed by atoms with E-state index in [1.807, 2.05) is 6.92 Å². The number of aryl methyl sites for hydroxylation is 1. The fourth-order valence-electron chi connectivity index (χ4n) is 1.31. The Bertz CT molecular complexity index is 514. The molecule has 0 radical (unpaired) electrons. The molecule has 2 aromatic rings. The molecule has 1 aromatic heterocycles. The zero-order chi connectivity index (χ0) is 9.42. The maximum atomic E-state index is 10.9. The number of rotatable bonds is 0. The minimum absolute atomic E-state index is 0.335. The second kappa shape index (κ2) is 2.89. The van der Waals surface area contributed by atoms with Gasteiger partial charge in [-0.2, -0.15) is 0 Å². The summed E-state index contributed by atoms with van der Waals surface area (Å²) in [4.78, 5) is 10.9. The van der Waals surface area contributed by atoms with Gasteiger partial charge in [-0.3, -0.25) is 0 Å². The first-order valence-corrected chi connectivity index (χ1v) is 4.24. The van der Waals surface area contributed by atoms with Gasteiger partial charge in [-0.25, -0.2) is 4.79 Å². The van der Waals surface area contributed by atoms with E-state index in [4.69, 9.17) is 16.0 Å². The standard InChI is InChI=1S/C10H7ClO2/c1-6-4-8(11)5-7-2-3-9(12)13-10(6)7/h2-5H,1H3. The summed E-state index contributed by atoms with van der Waals surface area (Å²) in [5.74, 6) is 0. The minimum atomic E-state index is -0.335. The van der Waals surface area contributed by atoms with Crippen molar-refractivity contribution < 1.29 is 4.42 Å². The maximum Gasteiger partial charge on any atom is 0.336 e. The Labute approximate surface area is 79.7 Å². The summed E-state index contributed by atoms with van der Waals surface area (Å²) in [6.45, 7) is 1.86. The number of fused-ring (bicyclic) bond motifs is 1. The molecule has 0 atom stereocenters. The maximum absolute atomic E-state index is 10.9. The molecule has 2 nitrogen and oxygen atoms in total. The summed E-state index contributed by atoms with van der Waals surface area (Å²) < 4.78 is 5.03. The molecule has 0 aliphatic carbocycles. The highest BCUT2D eigenvalue weighted by Gasteiger charge is 2.01. The second-order valence-corrected chi connectivity index (χ2v) is 3.33. The van der Waals surface area contributed by atoms with E-state index in [0.29, 0.717) is 10.6 Å². The molecule has 0 amide bonds. The second-order valence-electron chi connectivity index (χ2n) is 2.90. The Morgan fingerprint density at radius 1 is 1.31 bits per heavy atom. The third kappa shape index (κ3) is 1.45. The number of halogens is 1. The molecule has 0 bridgehead atoms. The van der Waals surface area contributed by atoms with Crippen LogP contribution in [-0.4, -0.2) is 0 Å². The fraction of sp³-hybridized carbons (Fsp3) is 0.100. The van der Waals surface area contributed by atoms with E-state index in [9.17, 15) is 4.79 Å². The topological polar surface area (TPSA) is 30.2 Å². The van der Waals surface area contributed by atoms with Crippen molar-refractivity contribution in [1.29, 1.82) is 0 Å². The third-order valence-corrected chi connectivity index (χ3v) is 2.09. The Balaban J connectivity index is 2.95. The van der Waals surface area contributed by atoms with Crippen molar-refractivity contribution in [3.8, 4) is 0 Å². The van der Waals surface area contributed by atoms with Crippen molar-refractivity contribution in [1.82, 2.24) is 0 Å². The molecule has 13 heavy (non-hydrogen) atoms. The Hall–Kier alpha value is -1.28. The van der Waals surface area contributed by atoms with Gasteiger partial charge in [0.2, 0.25) is 0 Å². The van der Waals surface area contributed by atoms with Gasteiger partial charge in [-0.1, -0.05) is 11.6 Å². The van der Waals surface area contributed by atoms with Crippen LogP contribution in [0.2, 0.25) is 5.02 Å². The van der Waals surface area contributed by atoms with E-state index < -0.39 is 0 Å². The minimum Gasteiger partial charge on any atom is -0.422 e. The molecular formula is C10H7ClO2. The van der Waals surface area contributed by atoms with Gasteiger partial charge < -0.3 is 4.42 Å². The summed E-state index contributed by atoms with van der Waals surface area (Å²) in [7, 11) is 0. The average Bonchev–Trinajstić information content (AvgIpc) is 2.06. The fourth-order valence-corrected chi connectivity index (χ4v) is 1.59. The van der Waals surface area contributed by atoms with E-state index in [0.717, 1.165) is 10.9 Å². The van der Waals surface area contributed by atoms with Gasteiger partial charge in [0.25, 0.3) is 0 Å². The largest absolute Gasteiger partial charge is 0.422 e. The molecule has 0 aliphatic heterocycles. The lowest BCUT2D eigenvalue weighted by Gasteiger charge is -1.99. The molecule has 3 heteroatoms. The van der Waals surface area contributed by atoms with E-state index >= 15 is 0 Å². The van der Waals surface area contributed by atoms with Gasteiger partial charge in [-0.15, -0.1) is 0 Å². The molecule has 0 aliphatic rings. The van der Waals surface area contributed by atoms with Crippen molar-refractivity contribution >= 4 is 22.6 Å². The van der Waals surface area contributed by atoms with Crippen LogP contribution < -0.4 is 5.63 Å². The van der Waals surface area contributed by atoms with Crippen molar-refractivity contribution in [3.63, 3.8) is 0 Å². The molecule has 66 valence electrons. The van der Waals surface area contributed by atoms with Crippen LogP contribution in [0.15, 0.2) is 33.5 Å². The lowest BCUT2D eigenvalue weighted by Crippen LogP contribution is -1.95. The van der Waals surface area contributed by atoms with Crippen molar-refractivity contribution in [2.75, 3.05) is 0 Å². The predicted octanol–water partition coefficient (Wildman–Crippen LogP) is 2.75.